The van der Waals surface area contributed by atoms with Crippen LogP contribution in [0.2, 0.25) is 0 Å². The van der Waals surface area contributed by atoms with Gasteiger partial charge in [-0.25, -0.2) is 9.69 Å². The van der Waals surface area contributed by atoms with Crippen LogP contribution in [0, 0.1) is 0 Å². The van der Waals surface area contributed by atoms with Crippen LogP contribution >= 0.6 is 11.8 Å². The molecule has 3 rings (SSSR count). The number of hydrogen-bond acceptors (Lipinski definition) is 4. The second-order valence-corrected chi connectivity index (χ2v) is 9.13. The second-order valence-electron chi connectivity index (χ2n) is 7.99. The summed E-state index contributed by atoms with van der Waals surface area (Å²) in [5.41, 5.74) is -2.61. The fourth-order valence-electron chi connectivity index (χ4n) is 3.29. The van der Waals surface area contributed by atoms with E-state index in [2.05, 4.69) is 0 Å². The average molecular weight is 437 g/mol. The molecule has 2 amide bonds. The highest BCUT2D eigenvalue weighted by molar-refractivity contribution is 8.00. The standard InChI is InChI=1S/C22H22F3NO3S/c1-21(2,3)29-20(28)26-18(12-13-19(26)27)16-6-4-14(5-7-16)15-8-10-17(11-9-15)30-22(23,24)25/h4-11,18H,12-13H2,1-3H3. The molecule has 1 aliphatic heterocycles. The van der Waals surface area contributed by atoms with Crippen LogP contribution in [-0.4, -0.2) is 28.0 Å². The summed E-state index contributed by atoms with van der Waals surface area (Å²) >= 11 is -0.150. The first-order chi connectivity index (χ1) is 13.9. The number of imide groups is 1. The highest BCUT2D eigenvalue weighted by Crippen LogP contribution is 2.38. The third-order valence-corrected chi connectivity index (χ3v) is 5.26. The minimum atomic E-state index is -4.32. The molecule has 0 aliphatic carbocycles. The summed E-state index contributed by atoms with van der Waals surface area (Å²) < 4.78 is 42.8. The first kappa shape index (κ1) is 22.2. The van der Waals surface area contributed by atoms with Crippen LogP contribution in [0.1, 0.15) is 45.2 Å². The summed E-state index contributed by atoms with van der Waals surface area (Å²) in [7, 11) is 0. The Kier molecular flexibility index (Phi) is 6.17. The molecule has 2 aromatic rings. The van der Waals surface area contributed by atoms with Gasteiger partial charge in [-0.1, -0.05) is 36.4 Å². The van der Waals surface area contributed by atoms with E-state index in [1.165, 1.54) is 17.0 Å². The Morgan fingerprint density at radius 3 is 2.03 bits per heavy atom. The van der Waals surface area contributed by atoms with Gasteiger partial charge in [-0.15, -0.1) is 0 Å². The van der Waals surface area contributed by atoms with Gasteiger partial charge in [0.2, 0.25) is 5.91 Å². The fourth-order valence-corrected chi connectivity index (χ4v) is 3.83. The molecule has 2 aromatic carbocycles. The molecule has 0 saturated carbocycles. The maximum Gasteiger partial charge on any atom is 0.446 e. The lowest BCUT2D eigenvalue weighted by atomic mass is 9.99. The van der Waals surface area contributed by atoms with Crippen molar-refractivity contribution in [2.24, 2.45) is 0 Å². The number of benzene rings is 2. The molecule has 1 atom stereocenters. The minimum Gasteiger partial charge on any atom is -0.443 e. The zero-order chi connectivity index (χ0) is 22.1. The molecule has 1 saturated heterocycles. The molecule has 0 radical (unpaired) electrons. The van der Waals surface area contributed by atoms with Crippen LogP contribution in [0.4, 0.5) is 18.0 Å². The van der Waals surface area contributed by atoms with E-state index in [4.69, 9.17) is 4.74 Å². The summed E-state index contributed by atoms with van der Waals surface area (Å²) in [5, 5.41) is 0. The summed E-state index contributed by atoms with van der Waals surface area (Å²) in [4.78, 5) is 26.0. The maximum absolute atomic E-state index is 12.5. The number of rotatable bonds is 3. The van der Waals surface area contributed by atoms with Gasteiger partial charge in [0.1, 0.15) is 5.60 Å². The Morgan fingerprint density at radius 2 is 1.53 bits per heavy atom. The number of carbonyl (C=O) groups is 2. The van der Waals surface area contributed by atoms with E-state index in [0.717, 1.165) is 16.7 Å². The minimum absolute atomic E-state index is 0.125. The Bertz CT molecular complexity index is 919. The van der Waals surface area contributed by atoms with Crippen molar-refractivity contribution in [3.8, 4) is 11.1 Å². The van der Waals surface area contributed by atoms with Gasteiger partial charge in [0.25, 0.3) is 0 Å². The molecule has 1 aliphatic rings. The molecule has 0 bridgehead atoms. The van der Waals surface area contributed by atoms with Crippen LogP contribution in [0.5, 0.6) is 0 Å². The van der Waals surface area contributed by atoms with Crippen molar-refractivity contribution in [2.75, 3.05) is 0 Å². The van der Waals surface area contributed by atoms with Crippen LogP contribution in [0.25, 0.3) is 11.1 Å². The third kappa shape index (κ3) is 5.56. The average Bonchev–Trinajstić information content (AvgIpc) is 3.01. The molecular weight excluding hydrogens is 415 g/mol. The van der Waals surface area contributed by atoms with Crippen LogP contribution in [-0.2, 0) is 9.53 Å². The number of amides is 2. The van der Waals surface area contributed by atoms with Crippen molar-refractivity contribution >= 4 is 23.8 Å². The number of alkyl halides is 3. The topological polar surface area (TPSA) is 46.6 Å². The first-order valence-corrected chi connectivity index (χ1v) is 10.3. The molecule has 1 heterocycles. The Morgan fingerprint density at radius 1 is 1.00 bits per heavy atom. The molecule has 8 heteroatoms. The Hall–Kier alpha value is -2.48. The Balaban J connectivity index is 1.76. The van der Waals surface area contributed by atoms with E-state index in [1.54, 1.807) is 32.9 Å². The number of carbonyl (C=O) groups excluding carboxylic acids is 2. The summed E-state index contributed by atoms with van der Waals surface area (Å²) in [6.45, 7) is 5.23. The quantitative estimate of drug-likeness (QED) is 0.510. The smallest absolute Gasteiger partial charge is 0.443 e. The molecule has 1 fully saturated rings. The second kappa shape index (κ2) is 8.34. The van der Waals surface area contributed by atoms with Crippen LogP contribution in [0.15, 0.2) is 53.4 Å². The van der Waals surface area contributed by atoms with Gasteiger partial charge in [-0.3, -0.25) is 4.79 Å². The van der Waals surface area contributed by atoms with E-state index >= 15 is 0 Å². The van der Waals surface area contributed by atoms with Crippen molar-refractivity contribution in [3.63, 3.8) is 0 Å². The van der Waals surface area contributed by atoms with Gasteiger partial charge >= 0.3 is 11.6 Å². The molecule has 0 spiro atoms. The molecule has 0 N–H and O–H groups in total. The van der Waals surface area contributed by atoms with Gasteiger partial charge in [-0.05, 0) is 67.8 Å². The van der Waals surface area contributed by atoms with Crippen molar-refractivity contribution in [1.29, 1.82) is 0 Å². The molecule has 1 unspecified atom stereocenters. The lowest BCUT2D eigenvalue weighted by Crippen LogP contribution is -2.38. The van der Waals surface area contributed by atoms with E-state index in [1.807, 2.05) is 24.3 Å². The highest BCUT2D eigenvalue weighted by atomic mass is 32.2. The van der Waals surface area contributed by atoms with Crippen molar-refractivity contribution in [3.05, 3.63) is 54.1 Å². The molecule has 160 valence electrons. The van der Waals surface area contributed by atoms with Crippen molar-refractivity contribution in [1.82, 2.24) is 4.90 Å². The zero-order valence-corrected chi connectivity index (χ0v) is 17.6. The van der Waals surface area contributed by atoms with E-state index in [-0.39, 0.29) is 29.0 Å². The van der Waals surface area contributed by atoms with Gasteiger partial charge in [-0.2, -0.15) is 13.2 Å². The predicted octanol–water partition coefficient (Wildman–Crippen LogP) is 6.56. The highest BCUT2D eigenvalue weighted by Gasteiger charge is 2.39. The fraction of sp³-hybridized carbons (Fsp3) is 0.364. The molecular formula is C22H22F3NO3S. The van der Waals surface area contributed by atoms with Crippen molar-refractivity contribution in [2.45, 2.75) is 55.7 Å². The number of thioether (sulfide) groups is 1. The van der Waals surface area contributed by atoms with Crippen molar-refractivity contribution < 1.29 is 27.5 Å². The van der Waals surface area contributed by atoms with Gasteiger partial charge in [0, 0.05) is 11.3 Å². The zero-order valence-electron chi connectivity index (χ0n) is 16.8. The third-order valence-electron chi connectivity index (χ3n) is 4.52. The number of ether oxygens (including phenoxy) is 1. The number of nitrogens with zero attached hydrogens (tertiary/aromatic N) is 1. The van der Waals surface area contributed by atoms with Gasteiger partial charge < -0.3 is 4.74 Å². The van der Waals surface area contributed by atoms with E-state index in [9.17, 15) is 22.8 Å². The predicted molar refractivity (Wildman–Crippen MR) is 109 cm³/mol. The lowest BCUT2D eigenvalue weighted by Gasteiger charge is -2.27. The molecule has 30 heavy (non-hydrogen) atoms. The number of halogens is 3. The number of hydrogen-bond donors (Lipinski definition) is 0. The normalized spacial score (nSPS) is 17.3. The van der Waals surface area contributed by atoms with Crippen LogP contribution < -0.4 is 0 Å². The lowest BCUT2D eigenvalue weighted by molar-refractivity contribution is -0.128. The monoisotopic (exact) mass is 437 g/mol. The van der Waals surface area contributed by atoms with Crippen LogP contribution in [0.3, 0.4) is 0 Å². The first-order valence-electron chi connectivity index (χ1n) is 9.44. The summed E-state index contributed by atoms with van der Waals surface area (Å²) in [5.74, 6) is -0.268. The SMILES string of the molecule is CC(C)(C)OC(=O)N1C(=O)CCC1c1ccc(-c2ccc(SC(F)(F)F)cc2)cc1. The molecule has 4 nitrogen and oxygen atoms in total. The molecule has 0 aromatic heterocycles. The van der Waals surface area contributed by atoms with Gasteiger partial charge in [0.05, 0.1) is 6.04 Å². The Labute approximate surface area is 177 Å². The summed E-state index contributed by atoms with van der Waals surface area (Å²) in [6.07, 6.45) is 0.127. The number of likely N-dealkylation sites (tertiary alicyclic amines) is 1. The van der Waals surface area contributed by atoms with E-state index < -0.39 is 23.2 Å². The largest absolute Gasteiger partial charge is 0.446 e. The van der Waals surface area contributed by atoms with Gasteiger partial charge in [0.15, 0.2) is 0 Å². The van der Waals surface area contributed by atoms with E-state index in [0.29, 0.717) is 6.42 Å². The maximum atomic E-state index is 12.5. The summed E-state index contributed by atoms with van der Waals surface area (Å²) in [6, 6.07) is 13.1.